The first kappa shape index (κ1) is 12.5. The summed E-state index contributed by atoms with van der Waals surface area (Å²) in [4.78, 5) is 16.0. The number of carbonyl (C=O) groups excluding carboxylic acids is 1. The molecule has 0 saturated heterocycles. The highest BCUT2D eigenvalue weighted by Crippen LogP contribution is 2.31. The highest BCUT2D eigenvalue weighted by Gasteiger charge is 2.25. The van der Waals surface area contributed by atoms with E-state index in [2.05, 4.69) is 15.6 Å². The van der Waals surface area contributed by atoms with Crippen LogP contribution >= 0.6 is 0 Å². The molecule has 0 aliphatic carbocycles. The molecule has 2 amide bonds. The number of nitrogens with one attached hydrogen (secondary N) is 2. The van der Waals surface area contributed by atoms with Crippen molar-refractivity contribution in [2.75, 3.05) is 11.9 Å². The molecule has 20 heavy (non-hydrogen) atoms. The topological polar surface area (TPSA) is 63.2 Å². The fourth-order valence-corrected chi connectivity index (χ4v) is 2.21. The third kappa shape index (κ3) is 2.42. The Morgan fingerprint density at radius 1 is 1.35 bits per heavy atom. The van der Waals surface area contributed by atoms with Gasteiger partial charge in [0, 0.05) is 23.6 Å². The van der Waals surface area contributed by atoms with Gasteiger partial charge in [-0.25, -0.2) is 4.79 Å². The zero-order valence-electron chi connectivity index (χ0n) is 11.1. The smallest absolute Gasteiger partial charge is 0.319 e. The van der Waals surface area contributed by atoms with Crippen LogP contribution in [0.5, 0.6) is 5.75 Å². The Bertz CT molecular complexity index is 643. The molecule has 1 aliphatic heterocycles. The molecule has 2 aromatic rings. The van der Waals surface area contributed by atoms with Crippen molar-refractivity contribution in [1.29, 1.82) is 0 Å². The molecule has 1 aliphatic rings. The van der Waals surface area contributed by atoms with Crippen LogP contribution in [-0.2, 0) is 0 Å². The van der Waals surface area contributed by atoms with E-state index < -0.39 is 0 Å². The summed E-state index contributed by atoms with van der Waals surface area (Å²) in [6, 6.07) is 9.13. The quantitative estimate of drug-likeness (QED) is 0.881. The van der Waals surface area contributed by atoms with Crippen LogP contribution in [0.1, 0.15) is 17.2 Å². The maximum Gasteiger partial charge on any atom is 0.319 e. The molecule has 0 bridgehead atoms. The summed E-state index contributed by atoms with van der Waals surface area (Å²) in [6.45, 7) is 2.36. The van der Waals surface area contributed by atoms with Crippen molar-refractivity contribution in [3.8, 4) is 5.75 Å². The average molecular weight is 269 g/mol. The maximum atomic E-state index is 12.0. The summed E-state index contributed by atoms with van der Waals surface area (Å²) in [5.41, 5.74) is 2.68. The number of aromatic nitrogens is 1. The second-order valence-corrected chi connectivity index (χ2v) is 4.69. The van der Waals surface area contributed by atoms with Crippen molar-refractivity contribution in [2.24, 2.45) is 0 Å². The Labute approximate surface area is 117 Å². The molecular formula is C15H15N3O2. The van der Waals surface area contributed by atoms with E-state index >= 15 is 0 Å². The van der Waals surface area contributed by atoms with E-state index in [4.69, 9.17) is 4.74 Å². The van der Waals surface area contributed by atoms with Crippen LogP contribution in [0.15, 0.2) is 42.7 Å². The molecule has 0 fully saturated rings. The van der Waals surface area contributed by atoms with E-state index in [0.717, 1.165) is 22.6 Å². The van der Waals surface area contributed by atoms with Crippen molar-refractivity contribution < 1.29 is 9.53 Å². The van der Waals surface area contributed by atoms with Crippen molar-refractivity contribution in [1.82, 2.24) is 10.3 Å². The average Bonchev–Trinajstić information content (AvgIpc) is 2.85. The summed E-state index contributed by atoms with van der Waals surface area (Å²) in [5, 5.41) is 5.74. The standard InChI is InChI=1S/C15H15N3O2/c1-10-8-16-7-6-12(10)17-15(19)18-13-9-20-14-5-3-2-4-11(13)14/h2-8,13H,9H2,1H3,(H2,16,17,18,19)/t13-/m0/s1. The highest BCUT2D eigenvalue weighted by molar-refractivity contribution is 5.90. The largest absolute Gasteiger partial charge is 0.491 e. The van der Waals surface area contributed by atoms with Crippen molar-refractivity contribution >= 4 is 11.7 Å². The number of aryl methyl sites for hydroxylation is 1. The zero-order valence-corrected chi connectivity index (χ0v) is 11.1. The first-order chi connectivity index (χ1) is 9.74. The van der Waals surface area contributed by atoms with Gasteiger partial charge in [-0.2, -0.15) is 0 Å². The lowest BCUT2D eigenvalue weighted by molar-refractivity contribution is 0.243. The molecule has 5 nitrogen and oxygen atoms in total. The van der Waals surface area contributed by atoms with E-state index in [1.807, 2.05) is 31.2 Å². The van der Waals surface area contributed by atoms with Gasteiger partial charge in [0.25, 0.3) is 0 Å². The van der Waals surface area contributed by atoms with Gasteiger partial charge in [0.1, 0.15) is 12.4 Å². The first-order valence-electron chi connectivity index (χ1n) is 6.44. The number of benzene rings is 1. The molecule has 1 atom stereocenters. The molecule has 0 saturated carbocycles. The van der Waals surface area contributed by atoms with Gasteiger partial charge in [-0.1, -0.05) is 18.2 Å². The second kappa shape index (κ2) is 5.21. The van der Waals surface area contributed by atoms with Gasteiger partial charge in [-0.15, -0.1) is 0 Å². The normalized spacial score (nSPS) is 16.1. The van der Waals surface area contributed by atoms with Crippen molar-refractivity contribution in [3.63, 3.8) is 0 Å². The summed E-state index contributed by atoms with van der Waals surface area (Å²) in [6.07, 6.45) is 3.36. The van der Waals surface area contributed by atoms with E-state index in [1.165, 1.54) is 0 Å². The molecule has 2 N–H and O–H groups in total. The minimum atomic E-state index is -0.246. The van der Waals surface area contributed by atoms with Crippen molar-refractivity contribution in [3.05, 3.63) is 53.9 Å². The summed E-state index contributed by atoms with van der Waals surface area (Å²) < 4.78 is 5.53. The fourth-order valence-electron chi connectivity index (χ4n) is 2.21. The molecule has 5 heteroatoms. The van der Waals surface area contributed by atoms with Crippen molar-refractivity contribution in [2.45, 2.75) is 13.0 Å². The zero-order chi connectivity index (χ0) is 13.9. The van der Waals surface area contributed by atoms with Gasteiger partial charge >= 0.3 is 6.03 Å². The molecular weight excluding hydrogens is 254 g/mol. The van der Waals surface area contributed by atoms with Crippen LogP contribution in [0.3, 0.4) is 0 Å². The lowest BCUT2D eigenvalue weighted by Gasteiger charge is -2.13. The lowest BCUT2D eigenvalue weighted by Crippen LogP contribution is -2.33. The third-order valence-electron chi connectivity index (χ3n) is 3.27. The Kier molecular flexibility index (Phi) is 3.25. The number of anilines is 1. The van der Waals surface area contributed by atoms with E-state index in [-0.39, 0.29) is 12.1 Å². The number of ether oxygens (including phenoxy) is 1. The molecule has 0 spiro atoms. The summed E-state index contributed by atoms with van der Waals surface area (Å²) in [5.74, 6) is 0.831. The number of nitrogens with zero attached hydrogens (tertiary/aromatic N) is 1. The summed E-state index contributed by atoms with van der Waals surface area (Å²) >= 11 is 0. The highest BCUT2D eigenvalue weighted by atomic mass is 16.5. The van der Waals surface area contributed by atoms with Crippen LogP contribution < -0.4 is 15.4 Å². The lowest BCUT2D eigenvalue weighted by atomic mass is 10.1. The predicted octanol–water partition coefficient (Wildman–Crippen LogP) is 2.65. The minimum Gasteiger partial charge on any atom is -0.491 e. The molecule has 0 unspecified atom stereocenters. The number of hydrogen-bond acceptors (Lipinski definition) is 3. The molecule has 1 aromatic heterocycles. The number of rotatable bonds is 2. The van der Waals surface area contributed by atoms with Crippen LogP contribution in [0.25, 0.3) is 0 Å². The molecule has 3 rings (SSSR count). The SMILES string of the molecule is Cc1cnccc1NC(=O)N[C@H]1COc2ccccc21. The maximum absolute atomic E-state index is 12.0. The number of hydrogen-bond donors (Lipinski definition) is 2. The van der Waals surface area contributed by atoms with E-state index in [0.29, 0.717) is 6.61 Å². The number of pyridine rings is 1. The van der Waals surface area contributed by atoms with Gasteiger partial charge in [0.15, 0.2) is 0 Å². The third-order valence-corrected chi connectivity index (χ3v) is 3.27. The van der Waals surface area contributed by atoms with Crippen LogP contribution in [0.4, 0.5) is 10.5 Å². The number of carbonyl (C=O) groups is 1. The molecule has 0 radical (unpaired) electrons. The monoisotopic (exact) mass is 269 g/mol. The Balaban J connectivity index is 1.68. The predicted molar refractivity (Wildman–Crippen MR) is 75.8 cm³/mol. The van der Waals surface area contributed by atoms with Crippen LogP contribution in [-0.4, -0.2) is 17.6 Å². The Morgan fingerprint density at radius 3 is 3.05 bits per heavy atom. The van der Waals surface area contributed by atoms with E-state index in [9.17, 15) is 4.79 Å². The number of urea groups is 1. The number of para-hydroxylation sites is 1. The summed E-state index contributed by atoms with van der Waals surface area (Å²) in [7, 11) is 0. The minimum absolute atomic E-state index is 0.117. The van der Waals surface area contributed by atoms with Gasteiger partial charge < -0.3 is 15.4 Å². The molecule has 102 valence electrons. The van der Waals surface area contributed by atoms with E-state index in [1.54, 1.807) is 18.5 Å². The fraction of sp³-hybridized carbons (Fsp3) is 0.200. The second-order valence-electron chi connectivity index (χ2n) is 4.69. The number of amides is 2. The van der Waals surface area contributed by atoms with Gasteiger partial charge in [-0.3, -0.25) is 4.98 Å². The number of fused-ring (bicyclic) bond motifs is 1. The Morgan fingerprint density at radius 2 is 2.20 bits per heavy atom. The van der Waals surface area contributed by atoms with Crippen LogP contribution in [0, 0.1) is 6.92 Å². The Hall–Kier alpha value is -2.56. The van der Waals surface area contributed by atoms with Gasteiger partial charge in [0.05, 0.1) is 6.04 Å². The van der Waals surface area contributed by atoms with Crippen LogP contribution in [0.2, 0.25) is 0 Å². The molecule has 1 aromatic carbocycles. The molecule has 2 heterocycles. The van der Waals surface area contributed by atoms with Gasteiger partial charge in [0.2, 0.25) is 0 Å². The van der Waals surface area contributed by atoms with Gasteiger partial charge in [-0.05, 0) is 24.6 Å². The first-order valence-corrected chi connectivity index (χ1v) is 6.44.